The smallest absolute Gasteiger partial charge is 0.295 e. The molecule has 1 N–H and O–H groups in total. The van der Waals surface area contributed by atoms with E-state index in [1.807, 2.05) is 83.1 Å². The molecule has 0 aromatic heterocycles. The van der Waals surface area contributed by atoms with Crippen LogP contribution in [0.1, 0.15) is 62.4 Å². The molecule has 1 saturated heterocycles. The zero-order chi connectivity index (χ0) is 27.4. The molecule has 0 aliphatic carbocycles. The molecule has 0 radical (unpaired) electrons. The molecule has 0 saturated carbocycles. The van der Waals surface area contributed by atoms with Crippen molar-refractivity contribution in [1.82, 2.24) is 4.90 Å². The number of para-hydroxylation sites is 1. The van der Waals surface area contributed by atoms with Gasteiger partial charge in [-0.15, -0.1) is 0 Å². The summed E-state index contributed by atoms with van der Waals surface area (Å²) in [4.78, 5) is 28.5. The molecule has 1 unspecified atom stereocenters. The van der Waals surface area contributed by atoms with Crippen molar-refractivity contribution in [2.45, 2.75) is 59.2 Å². The van der Waals surface area contributed by atoms with Gasteiger partial charge in [0.05, 0.1) is 24.8 Å². The van der Waals surface area contributed by atoms with E-state index in [0.717, 1.165) is 23.1 Å². The molecule has 3 aromatic carbocycles. The maximum atomic E-state index is 13.5. The van der Waals surface area contributed by atoms with Crippen molar-refractivity contribution in [2.75, 3.05) is 6.61 Å². The highest BCUT2D eigenvalue weighted by molar-refractivity contribution is 6.46. The molecule has 1 fully saturated rings. The van der Waals surface area contributed by atoms with E-state index in [2.05, 4.69) is 0 Å². The Hall–Kier alpha value is -4.06. The number of aryl methyl sites for hydroxylation is 1. The third-order valence-electron chi connectivity index (χ3n) is 6.21. The van der Waals surface area contributed by atoms with Gasteiger partial charge in [-0.2, -0.15) is 0 Å². The van der Waals surface area contributed by atoms with E-state index in [-0.39, 0.29) is 17.9 Å². The first kappa shape index (κ1) is 27.0. The first-order valence-electron chi connectivity index (χ1n) is 12.9. The lowest BCUT2D eigenvalue weighted by Gasteiger charge is -2.28. The minimum absolute atomic E-state index is 0.0578. The molecule has 1 amide bonds. The van der Waals surface area contributed by atoms with Crippen LogP contribution >= 0.6 is 0 Å². The van der Waals surface area contributed by atoms with Crippen LogP contribution in [-0.4, -0.2) is 33.9 Å². The lowest BCUT2D eigenvalue weighted by atomic mass is 9.94. The SMILES string of the molecule is CCCOc1cccc(/C(O)=C2\C(=O)C(=O)N(Cc3ccccc3OC(C)(C)C)C2c2cccc(C)c2)c1. The first-order chi connectivity index (χ1) is 18.1. The van der Waals surface area contributed by atoms with Gasteiger partial charge in [-0.1, -0.05) is 67.1 Å². The second-order valence-corrected chi connectivity index (χ2v) is 10.5. The number of carbonyl (C=O) groups is 2. The summed E-state index contributed by atoms with van der Waals surface area (Å²) in [6, 6.07) is 21.4. The van der Waals surface area contributed by atoms with Crippen molar-refractivity contribution in [3.63, 3.8) is 0 Å². The fourth-order valence-corrected chi connectivity index (χ4v) is 4.59. The van der Waals surface area contributed by atoms with Crippen LogP contribution in [0.15, 0.2) is 78.4 Å². The van der Waals surface area contributed by atoms with Crippen molar-refractivity contribution in [1.29, 1.82) is 0 Å². The summed E-state index contributed by atoms with van der Waals surface area (Å²) in [5.74, 6) is -0.375. The molecule has 4 rings (SSSR count). The highest BCUT2D eigenvalue weighted by Crippen LogP contribution is 2.41. The lowest BCUT2D eigenvalue weighted by molar-refractivity contribution is -0.140. The monoisotopic (exact) mass is 513 g/mol. The van der Waals surface area contributed by atoms with Crippen molar-refractivity contribution in [3.8, 4) is 11.5 Å². The number of ether oxygens (including phenoxy) is 2. The Morgan fingerprint density at radius 2 is 1.71 bits per heavy atom. The van der Waals surface area contributed by atoms with Gasteiger partial charge in [-0.25, -0.2) is 0 Å². The first-order valence-corrected chi connectivity index (χ1v) is 12.9. The molecule has 6 heteroatoms. The van der Waals surface area contributed by atoms with Gasteiger partial charge in [0.25, 0.3) is 11.7 Å². The van der Waals surface area contributed by atoms with Crippen molar-refractivity contribution >= 4 is 17.4 Å². The fourth-order valence-electron chi connectivity index (χ4n) is 4.59. The number of hydrogen-bond donors (Lipinski definition) is 1. The predicted octanol–water partition coefficient (Wildman–Crippen LogP) is 6.58. The molecule has 1 aliphatic heterocycles. The number of rotatable bonds is 8. The molecule has 1 atom stereocenters. The predicted molar refractivity (Wildman–Crippen MR) is 148 cm³/mol. The number of hydrogen-bond acceptors (Lipinski definition) is 5. The van der Waals surface area contributed by atoms with Crippen LogP contribution in [0.4, 0.5) is 0 Å². The van der Waals surface area contributed by atoms with Gasteiger partial charge in [0.2, 0.25) is 0 Å². The van der Waals surface area contributed by atoms with Gasteiger partial charge in [0, 0.05) is 11.1 Å². The number of carbonyl (C=O) groups excluding carboxylic acids is 2. The third-order valence-corrected chi connectivity index (χ3v) is 6.21. The number of aliphatic hydroxyl groups is 1. The topological polar surface area (TPSA) is 76.1 Å². The van der Waals surface area contributed by atoms with Gasteiger partial charge in [-0.05, 0) is 57.9 Å². The van der Waals surface area contributed by atoms with Crippen LogP contribution in [-0.2, 0) is 16.1 Å². The summed E-state index contributed by atoms with van der Waals surface area (Å²) < 4.78 is 11.9. The highest BCUT2D eigenvalue weighted by Gasteiger charge is 2.46. The zero-order valence-electron chi connectivity index (χ0n) is 22.7. The molecule has 0 spiro atoms. The Balaban J connectivity index is 1.82. The minimum atomic E-state index is -0.766. The molecule has 0 bridgehead atoms. The number of benzene rings is 3. The summed E-state index contributed by atoms with van der Waals surface area (Å²) >= 11 is 0. The summed E-state index contributed by atoms with van der Waals surface area (Å²) in [5, 5.41) is 11.5. The van der Waals surface area contributed by atoms with Crippen LogP contribution in [0.3, 0.4) is 0 Å². The van der Waals surface area contributed by atoms with E-state index in [1.54, 1.807) is 24.3 Å². The third kappa shape index (κ3) is 5.91. The van der Waals surface area contributed by atoms with E-state index in [1.165, 1.54) is 4.90 Å². The largest absolute Gasteiger partial charge is 0.507 e. The second-order valence-electron chi connectivity index (χ2n) is 10.5. The quantitative estimate of drug-likeness (QED) is 0.209. The number of Topliss-reactive ketones (excluding diaryl/α,β-unsaturated/α-hetero) is 1. The van der Waals surface area contributed by atoms with Crippen molar-refractivity contribution < 1.29 is 24.2 Å². The number of ketones is 1. The van der Waals surface area contributed by atoms with Gasteiger partial charge in [0.15, 0.2) is 0 Å². The number of aliphatic hydroxyl groups excluding tert-OH is 1. The Morgan fingerprint density at radius 1 is 0.974 bits per heavy atom. The van der Waals surface area contributed by atoms with Gasteiger partial charge >= 0.3 is 0 Å². The average Bonchev–Trinajstić information content (AvgIpc) is 3.12. The van der Waals surface area contributed by atoms with Gasteiger partial charge in [-0.3, -0.25) is 9.59 Å². The summed E-state index contributed by atoms with van der Waals surface area (Å²) in [5.41, 5.74) is 2.55. The number of nitrogens with zero attached hydrogens (tertiary/aromatic N) is 1. The molecule has 198 valence electrons. The van der Waals surface area contributed by atoms with Crippen LogP contribution in [0.5, 0.6) is 11.5 Å². The fraction of sp³-hybridized carbons (Fsp3) is 0.312. The van der Waals surface area contributed by atoms with Crippen molar-refractivity contribution in [2.24, 2.45) is 0 Å². The summed E-state index contributed by atoms with van der Waals surface area (Å²) in [7, 11) is 0. The van der Waals surface area contributed by atoms with E-state index in [9.17, 15) is 14.7 Å². The van der Waals surface area contributed by atoms with E-state index in [0.29, 0.717) is 23.7 Å². The Morgan fingerprint density at radius 3 is 2.42 bits per heavy atom. The molecule has 3 aromatic rings. The zero-order valence-corrected chi connectivity index (χ0v) is 22.7. The summed E-state index contributed by atoms with van der Waals surface area (Å²) in [6.07, 6.45) is 0.842. The van der Waals surface area contributed by atoms with Gasteiger partial charge in [0.1, 0.15) is 22.9 Å². The normalized spacial score (nSPS) is 17.1. The van der Waals surface area contributed by atoms with Crippen LogP contribution in [0.2, 0.25) is 0 Å². The van der Waals surface area contributed by atoms with Crippen LogP contribution in [0.25, 0.3) is 5.76 Å². The average molecular weight is 514 g/mol. The molecule has 1 heterocycles. The Bertz CT molecular complexity index is 1370. The van der Waals surface area contributed by atoms with E-state index < -0.39 is 23.3 Å². The molecular weight excluding hydrogens is 478 g/mol. The number of likely N-dealkylation sites (tertiary alicyclic amines) is 1. The Kier molecular flexibility index (Phi) is 7.91. The molecule has 38 heavy (non-hydrogen) atoms. The van der Waals surface area contributed by atoms with Crippen LogP contribution < -0.4 is 9.47 Å². The van der Waals surface area contributed by atoms with E-state index >= 15 is 0 Å². The van der Waals surface area contributed by atoms with Crippen molar-refractivity contribution in [3.05, 3.63) is 101 Å². The number of amides is 1. The maximum absolute atomic E-state index is 13.5. The maximum Gasteiger partial charge on any atom is 0.295 e. The van der Waals surface area contributed by atoms with Gasteiger partial charge < -0.3 is 19.5 Å². The highest BCUT2D eigenvalue weighted by atomic mass is 16.5. The minimum Gasteiger partial charge on any atom is -0.507 e. The Labute approximate surface area is 224 Å². The molecule has 1 aliphatic rings. The second kappa shape index (κ2) is 11.1. The molecule has 6 nitrogen and oxygen atoms in total. The molecular formula is C32H35NO5. The standard InChI is InChI=1S/C32H35NO5/c1-6-17-37-25-15-10-14-23(19-25)29(34)27-28(22-13-9-11-21(2)18-22)33(31(36)30(27)35)20-24-12-7-8-16-26(24)38-32(3,4)5/h7-16,18-19,28,34H,6,17,20H2,1-5H3/b29-27+. The lowest BCUT2D eigenvalue weighted by Crippen LogP contribution is -2.30. The van der Waals surface area contributed by atoms with Crippen LogP contribution in [0, 0.1) is 6.92 Å². The van der Waals surface area contributed by atoms with E-state index in [4.69, 9.17) is 9.47 Å². The summed E-state index contributed by atoms with van der Waals surface area (Å²) in [6.45, 7) is 10.5.